The SMILES string of the molecule is O=C(O)CCc1nc(Cc2ccc(F)cc2)n2ccccc12. The minimum Gasteiger partial charge on any atom is -0.481 e. The van der Waals surface area contributed by atoms with Crippen LogP contribution in [0.4, 0.5) is 4.39 Å². The molecule has 0 spiro atoms. The zero-order chi connectivity index (χ0) is 15.5. The fraction of sp³-hybridized carbons (Fsp3) is 0.176. The van der Waals surface area contributed by atoms with Gasteiger partial charge in [-0.2, -0.15) is 0 Å². The number of carboxylic acid groups (broad SMARTS) is 1. The summed E-state index contributed by atoms with van der Waals surface area (Å²) in [5.74, 6) is -0.279. The van der Waals surface area contributed by atoms with Gasteiger partial charge < -0.3 is 9.51 Å². The first kappa shape index (κ1) is 14.3. The molecule has 0 fully saturated rings. The summed E-state index contributed by atoms with van der Waals surface area (Å²) in [6.07, 6.45) is 2.92. The second kappa shape index (κ2) is 5.97. The molecule has 0 aliphatic heterocycles. The zero-order valence-electron chi connectivity index (χ0n) is 11.9. The molecule has 0 bridgehead atoms. The van der Waals surface area contributed by atoms with Crippen LogP contribution in [0.5, 0.6) is 0 Å². The molecule has 0 aliphatic carbocycles. The summed E-state index contributed by atoms with van der Waals surface area (Å²) >= 11 is 0. The molecule has 3 rings (SSSR count). The molecule has 0 saturated carbocycles. The van der Waals surface area contributed by atoms with Gasteiger partial charge in [0.25, 0.3) is 0 Å². The fourth-order valence-electron chi connectivity index (χ4n) is 2.49. The van der Waals surface area contributed by atoms with Gasteiger partial charge in [-0.15, -0.1) is 0 Å². The zero-order valence-corrected chi connectivity index (χ0v) is 11.9. The van der Waals surface area contributed by atoms with Crippen LogP contribution in [0.2, 0.25) is 0 Å². The van der Waals surface area contributed by atoms with Crippen molar-refractivity contribution in [1.82, 2.24) is 9.38 Å². The van der Waals surface area contributed by atoms with Crippen LogP contribution in [-0.2, 0) is 17.6 Å². The molecule has 22 heavy (non-hydrogen) atoms. The fourth-order valence-corrected chi connectivity index (χ4v) is 2.49. The molecule has 2 aromatic heterocycles. The Bertz CT molecular complexity index is 809. The first-order chi connectivity index (χ1) is 10.6. The van der Waals surface area contributed by atoms with E-state index in [4.69, 9.17) is 5.11 Å². The number of imidazole rings is 1. The Labute approximate surface area is 126 Å². The topological polar surface area (TPSA) is 54.6 Å². The Hall–Kier alpha value is -2.69. The highest BCUT2D eigenvalue weighted by Crippen LogP contribution is 2.17. The molecule has 4 nitrogen and oxygen atoms in total. The second-order valence-corrected chi connectivity index (χ2v) is 5.13. The number of benzene rings is 1. The lowest BCUT2D eigenvalue weighted by Gasteiger charge is -2.01. The average molecular weight is 298 g/mol. The van der Waals surface area contributed by atoms with Crippen LogP contribution in [-0.4, -0.2) is 20.5 Å². The lowest BCUT2D eigenvalue weighted by molar-refractivity contribution is -0.136. The average Bonchev–Trinajstić information content (AvgIpc) is 2.86. The number of aromatic nitrogens is 2. The molecule has 0 aliphatic rings. The highest BCUT2D eigenvalue weighted by molar-refractivity contribution is 5.67. The number of carboxylic acids is 1. The molecule has 5 heteroatoms. The Morgan fingerprint density at radius 2 is 1.95 bits per heavy atom. The smallest absolute Gasteiger partial charge is 0.303 e. The lowest BCUT2D eigenvalue weighted by atomic mass is 10.1. The van der Waals surface area contributed by atoms with E-state index in [0.717, 1.165) is 22.6 Å². The van der Waals surface area contributed by atoms with E-state index >= 15 is 0 Å². The summed E-state index contributed by atoms with van der Waals surface area (Å²) in [5.41, 5.74) is 2.66. The van der Waals surface area contributed by atoms with Crippen molar-refractivity contribution in [2.75, 3.05) is 0 Å². The van der Waals surface area contributed by atoms with Gasteiger partial charge in [0.1, 0.15) is 11.6 Å². The van der Waals surface area contributed by atoms with E-state index in [1.54, 1.807) is 12.1 Å². The van der Waals surface area contributed by atoms with Crippen LogP contribution >= 0.6 is 0 Å². The number of halogens is 1. The number of hydrogen-bond acceptors (Lipinski definition) is 2. The van der Waals surface area contributed by atoms with Gasteiger partial charge in [-0.3, -0.25) is 4.79 Å². The first-order valence-corrected chi connectivity index (χ1v) is 7.04. The van der Waals surface area contributed by atoms with Gasteiger partial charge in [0.15, 0.2) is 0 Å². The summed E-state index contributed by atoms with van der Waals surface area (Å²) in [6, 6.07) is 12.1. The quantitative estimate of drug-likeness (QED) is 0.787. The monoisotopic (exact) mass is 298 g/mol. The van der Waals surface area contributed by atoms with E-state index in [9.17, 15) is 9.18 Å². The second-order valence-electron chi connectivity index (χ2n) is 5.13. The minimum atomic E-state index is -0.836. The Morgan fingerprint density at radius 1 is 1.18 bits per heavy atom. The van der Waals surface area contributed by atoms with Gasteiger partial charge in [0.05, 0.1) is 17.6 Å². The summed E-state index contributed by atoms with van der Waals surface area (Å²) in [7, 11) is 0. The third kappa shape index (κ3) is 2.98. The number of aryl methyl sites for hydroxylation is 1. The Balaban J connectivity index is 1.95. The van der Waals surface area contributed by atoms with Gasteiger partial charge in [-0.25, -0.2) is 9.37 Å². The maximum Gasteiger partial charge on any atom is 0.303 e. The van der Waals surface area contributed by atoms with Crippen molar-refractivity contribution in [3.63, 3.8) is 0 Å². The van der Waals surface area contributed by atoms with E-state index < -0.39 is 5.97 Å². The lowest BCUT2D eigenvalue weighted by Crippen LogP contribution is -1.98. The van der Waals surface area contributed by atoms with Gasteiger partial charge >= 0.3 is 5.97 Å². The molecule has 3 aromatic rings. The standard InChI is InChI=1S/C17H15FN2O2/c18-13-6-4-12(5-7-13)11-16-19-14(8-9-17(21)22)15-3-1-2-10-20(15)16/h1-7,10H,8-9,11H2,(H,21,22). The number of nitrogens with zero attached hydrogens (tertiary/aromatic N) is 2. The molecule has 0 atom stereocenters. The molecule has 2 heterocycles. The van der Waals surface area contributed by atoms with E-state index in [0.29, 0.717) is 12.8 Å². The third-order valence-electron chi connectivity index (χ3n) is 3.55. The predicted molar refractivity (Wildman–Crippen MR) is 80.4 cm³/mol. The van der Waals surface area contributed by atoms with Gasteiger partial charge in [0.2, 0.25) is 0 Å². The van der Waals surface area contributed by atoms with Crippen LogP contribution in [0.1, 0.15) is 23.5 Å². The van der Waals surface area contributed by atoms with Crippen molar-refractivity contribution in [2.24, 2.45) is 0 Å². The molecule has 0 unspecified atom stereocenters. The summed E-state index contributed by atoms with van der Waals surface area (Å²) in [5, 5.41) is 8.84. The Kier molecular flexibility index (Phi) is 3.87. The highest BCUT2D eigenvalue weighted by Gasteiger charge is 2.12. The Morgan fingerprint density at radius 3 is 2.68 bits per heavy atom. The first-order valence-electron chi connectivity index (χ1n) is 7.04. The van der Waals surface area contributed by atoms with E-state index in [2.05, 4.69) is 4.98 Å². The third-order valence-corrected chi connectivity index (χ3v) is 3.55. The molecule has 1 aromatic carbocycles. The number of hydrogen-bond donors (Lipinski definition) is 1. The summed E-state index contributed by atoms with van der Waals surface area (Å²) in [6.45, 7) is 0. The molecule has 1 N–H and O–H groups in total. The van der Waals surface area contributed by atoms with Crippen LogP contribution < -0.4 is 0 Å². The number of rotatable bonds is 5. The molecule has 112 valence electrons. The van der Waals surface area contributed by atoms with Crippen LogP contribution in [0, 0.1) is 5.82 Å². The maximum absolute atomic E-state index is 13.0. The minimum absolute atomic E-state index is 0.0531. The van der Waals surface area contributed by atoms with Crippen molar-refractivity contribution in [3.05, 3.63) is 71.6 Å². The largest absolute Gasteiger partial charge is 0.481 e. The van der Waals surface area contributed by atoms with Crippen molar-refractivity contribution < 1.29 is 14.3 Å². The van der Waals surface area contributed by atoms with E-state index in [-0.39, 0.29) is 12.2 Å². The van der Waals surface area contributed by atoms with Gasteiger partial charge in [-0.1, -0.05) is 18.2 Å². The number of carbonyl (C=O) groups is 1. The summed E-state index contributed by atoms with van der Waals surface area (Å²) < 4.78 is 14.9. The van der Waals surface area contributed by atoms with Crippen molar-refractivity contribution in [1.29, 1.82) is 0 Å². The van der Waals surface area contributed by atoms with Crippen molar-refractivity contribution in [2.45, 2.75) is 19.3 Å². The van der Waals surface area contributed by atoms with Crippen molar-refractivity contribution >= 4 is 11.5 Å². The van der Waals surface area contributed by atoms with Gasteiger partial charge in [0, 0.05) is 19.0 Å². The predicted octanol–water partition coefficient (Wildman–Crippen LogP) is 3.08. The molecular formula is C17H15FN2O2. The van der Waals surface area contributed by atoms with Gasteiger partial charge in [-0.05, 0) is 29.8 Å². The molecule has 0 radical (unpaired) electrons. The molecule has 0 saturated heterocycles. The maximum atomic E-state index is 13.0. The van der Waals surface area contributed by atoms with E-state index in [1.165, 1.54) is 12.1 Å². The normalized spacial score (nSPS) is 11.0. The van der Waals surface area contributed by atoms with Crippen LogP contribution in [0.25, 0.3) is 5.52 Å². The molecule has 0 amide bonds. The van der Waals surface area contributed by atoms with Crippen molar-refractivity contribution in [3.8, 4) is 0 Å². The number of pyridine rings is 1. The molecular weight excluding hydrogens is 283 g/mol. The number of fused-ring (bicyclic) bond motifs is 1. The van der Waals surface area contributed by atoms with Crippen LogP contribution in [0.3, 0.4) is 0 Å². The van der Waals surface area contributed by atoms with Crippen LogP contribution in [0.15, 0.2) is 48.7 Å². The highest BCUT2D eigenvalue weighted by atomic mass is 19.1. The van der Waals surface area contributed by atoms with E-state index in [1.807, 2.05) is 28.8 Å². The summed E-state index contributed by atoms with van der Waals surface area (Å²) in [4.78, 5) is 15.4. The number of aliphatic carboxylic acids is 1.